The Kier molecular flexibility index (Phi) is 3.84. The lowest BCUT2D eigenvalue weighted by atomic mass is 9.74. The second-order valence-electron chi connectivity index (χ2n) is 8.51. The Morgan fingerprint density at radius 1 is 1.13 bits per heavy atom. The summed E-state index contributed by atoms with van der Waals surface area (Å²) in [5, 5.41) is 3.32. The van der Waals surface area contributed by atoms with E-state index in [0.29, 0.717) is 11.6 Å². The summed E-state index contributed by atoms with van der Waals surface area (Å²) < 4.78 is 6.23. The van der Waals surface area contributed by atoms with E-state index in [9.17, 15) is 4.79 Å². The SMILES string of the molecule is CC1CN(C(=O)NC2CN(C)C3(CCC3)C2)CC2(CCCC2)O1. The minimum absolute atomic E-state index is 0.0589. The highest BCUT2D eigenvalue weighted by Crippen LogP contribution is 2.44. The Labute approximate surface area is 139 Å². The van der Waals surface area contributed by atoms with Crippen molar-refractivity contribution in [3.63, 3.8) is 0 Å². The van der Waals surface area contributed by atoms with Crippen molar-refractivity contribution in [2.75, 3.05) is 26.7 Å². The minimum Gasteiger partial charge on any atom is -0.368 e. The minimum atomic E-state index is -0.0589. The third-order valence-corrected chi connectivity index (χ3v) is 6.75. The topological polar surface area (TPSA) is 44.8 Å². The molecule has 1 N–H and O–H groups in total. The quantitative estimate of drug-likeness (QED) is 0.806. The standard InChI is InChI=1S/C18H31N3O2/c1-14-11-21(13-18(23-14)8-3-4-9-18)16(22)19-15-10-17(6-5-7-17)20(2)12-15/h14-15H,3-13H2,1-2H3,(H,19,22). The van der Waals surface area contributed by atoms with Crippen LogP contribution in [0.3, 0.4) is 0 Å². The van der Waals surface area contributed by atoms with Crippen molar-refractivity contribution in [3.05, 3.63) is 0 Å². The number of amides is 2. The molecule has 2 atom stereocenters. The van der Waals surface area contributed by atoms with E-state index >= 15 is 0 Å². The molecular weight excluding hydrogens is 290 g/mol. The zero-order valence-electron chi connectivity index (χ0n) is 14.6. The van der Waals surface area contributed by atoms with E-state index in [0.717, 1.165) is 38.9 Å². The predicted octanol–water partition coefficient (Wildman–Crippen LogP) is 2.36. The van der Waals surface area contributed by atoms with Gasteiger partial charge in [0.1, 0.15) is 0 Å². The molecule has 2 heterocycles. The van der Waals surface area contributed by atoms with Crippen LogP contribution in [0.25, 0.3) is 0 Å². The molecule has 4 rings (SSSR count). The lowest BCUT2D eigenvalue weighted by molar-refractivity contribution is -0.133. The molecule has 2 saturated heterocycles. The number of nitrogens with one attached hydrogen (secondary N) is 1. The van der Waals surface area contributed by atoms with E-state index in [1.807, 2.05) is 4.90 Å². The largest absolute Gasteiger partial charge is 0.368 e. The zero-order valence-corrected chi connectivity index (χ0v) is 14.6. The first-order chi connectivity index (χ1) is 11.0. The summed E-state index contributed by atoms with van der Waals surface area (Å²) in [6, 6.07) is 0.437. The molecule has 4 fully saturated rings. The molecule has 0 aromatic rings. The molecule has 0 aromatic carbocycles. The van der Waals surface area contributed by atoms with Crippen molar-refractivity contribution < 1.29 is 9.53 Å². The van der Waals surface area contributed by atoms with Crippen LogP contribution in [0, 0.1) is 0 Å². The van der Waals surface area contributed by atoms with Gasteiger partial charge in [-0.2, -0.15) is 0 Å². The van der Waals surface area contributed by atoms with Gasteiger partial charge >= 0.3 is 6.03 Å². The van der Waals surface area contributed by atoms with Gasteiger partial charge in [-0.1, -0.05) is 12.8 Å². The van der Waals surface area contributed by atoms with Gasteiger partial charge in [0, 0.05) is 24.7 Å². The Balaban J connectivity index is 1.37. The molecule has 2 unspecified atom stereocenters. The fraction of sp³-hybridized carbons (Fsp3) is 0.944. The van der Waals surface area contributed by atoms with Gasteiger partial charge in [-0.25, -0.2) is 4.79 Å². The number of hydrogen-bond acceptors (Lipinski definition) is 3. The van der Waals surface area contributed by atoms with Crippen molar-refractivity contribution in [3.8, 4) is 0 Å². The molecule has 0 bridgehead atoms. The van der Waals surface area contributed by atoms with E-state index < -0.39 is 0 Å². The molecule has 2 amide bonds. The molecule has 2 aliphatic carbocycles. The van der Waals surface area contributed by atoms with E-state index in [1.54, 1.807) is 0 Å². The number of rotatable bonds is 1. The smallest absolute Gasteiger partial charge is 0.317 e. The van der Waals surface area contributed by atoms with Gasteiger partial charge in [-0.3, -0.25) is 4.90 Å². The highest BCUT2D eigenvalue weighted by molar-refractivity contribution is 5.75. The molecule has 0 radical (unpaired) electrons. The summed E-state index contributed by atoms with van der Waals surface area (Å²) >= 11 is 0. The molecule has 4 aliphatic rings. The third kappa shape index (κ3) is 2.76. The molecule has 5 nitrogen and oxygen atoms in total. The van der Waals surface area contributed by atoms with Crippen molar-refractivity contribution >= 4 is 6.03 Å². The van der Waals surface area contributed by atoms with E-state index in [2.05, 4.69) is 24.2 Å². The van der Waals surface area contributed by atoms with Crippen LogP contribution in [-0.4, -0.2) is 65.8 Å². The molecule has 130 valence electrons. The number of nitrogens with zero attached hydrogens (tertiary/aromatic N) is 2. The van der Waals surface area contributed by atoms with Crippen LogP contribution in [0.1, 0.15) is 58.3 Å². The first-order valence-corrected chi connectivity index (χ1v) is 9.45. The van der Waals surface area contributed by atoms with Crippen molar-refractivity contribution in [2.45, 2.75) is 81.6 Å². The third-order valence-electron chi connectivity index (χ3n) is 6.75. The van der Waals surface area contributed by atoms with Crippen LogP contribution >= 0.6 is 0 Å². The predicted molar refractivity (Wildman–Crippen MR) is 89.5 cm³/mol. The van der Waals surface area contributed by atoms with Crippen LogP contribution in [0.5, 0.6) is 0 Å². The van der Waals surface area contributed by atoms with Crippen LogP contribution in [0.4, 0.5) is 4.79 Å². The summed E-state index contributed by atoms with van der Waals surface area (Å²) in [5.74, 6) is 0. The monoisotopic (exact) mass is 321 g/mol. The van der Waals surface area contributed by atoms with Crippen LogP contribution < -0.4 is 5.32 Å². The Hall–Kier alpha value is -0.810. The van der Waals surface area contributed by atoms with Gasteiger partial charge in [0.25, 0.3) is 0 Å². The highest BCUT2D eigenvalue weighted by Gasteiger charge is 2.48. The number of morpholine rings is 1. The number of likely N-dealkylation sites (N-methyl/N-ethyl adjacent to an activating group) is 1. The second-order valence-corrected chi connectivity index (χ2v) is 8.51. The maximum Gasteiger partial charge on any atom is 0.317 e. The van der Waals surface area contributed by atoms with E-state index in [1.165, 1.54) is 32.1 Å². The Morgan fingerprint density at radius 3 is 2.48 bits per heavy atom. The first kappa shape index (κ1) is 15.7. The van der Waals surface area contributed by atoms with Crippen molar-refractivity contribution in [1.29, 1.82) is 0 Å². The summed E-state index contributed by atoms with van der Waals surface area (Å²) in [4.78, 5) is 17.3. The molecule has 2 aliphatic heterocycles. The average molecular weight is 321 g/mol. The normalized spacial score (nSPS) is 35.7. The van der Waals surface area contributed by atoms with Gasteiger partial charge in [-0.05, 0) is 52.5 Å². The molecule has 2 saturated carbocycles. The number of urea groups is 1. The molecular formula is C18H31N3O2. The molecule has 23 heavy (non-hydrogen) atoms. The number of hydrogen-bond donors (Lipinski definition) is 1. The molecule has 2 spiro atoms. The van der Waals surface area contributed by atoms with Gasteiger partial charge in [0.15, 0.2) is 0 Å². The molecule has 5 heteroatoms. The molecule has 0 aromatic heterocycles. The number of likely N-dealkylation sites (tertiary alicyclic amines) is 1. The van der Waals surface area contributed by atoms with Gasteiger partial charge in [0.05, 0.1) is 18.2 Å². The number of carbonyl (C=O) groups is 1. The lowest BCUT2D eigenvalue weighted by Gasteiger charge is -2.44. The average Bonchev–Trinajstić information content (AvgIpc) is 3.02. The van der Waals surface area contributed by atoms with Gasteiger partial charge < -0.3 is 15.0 Å². The number of ether oxygens (including phenoxy) is 1. The zero-order chi connectivity index (χ0) is 16.1. The second kappa shape index (κ2) is 5.62. The fourth-order valence-corrected chi connectivity index (χ4v) is 5.41. The van der Waals surface area contributed by atoms with Crippen molar-refractivity contribution in [1.82, 2.24) is 15.1 Å². The first-order valence-electron chi connectivity index (χ1n) is 9.45. The maximum atomic E-state index is 12.8. The van der Waals surface area contributed by atoms with E-state index in [4.69, 9.17) is 4.74 Å². The fourth-order valence-electron chi connectivity index (χ4n) is 5.41. The lowest BCUT2D eigenvalue weighted by Crippen LogP contribution is -2.58. The summed E-state index contributed by atoms with van der Waals surface area (Å²) in [6.45, 7) is 4.60. The summed E-state index contributed by atoms with van der Waals surface area (Å²) in [5.41, 5.74) is 0.333. The maximum absolute atomic E-state index is 12.8. The van der Waals surface area contributed by atoms with E-state index in [-0.39, 0.29) is 17.7 Å². The van der Waals surface area contributed by atoms with Gasteiger partial charge in [-0.15, -0.1) is 0 Å². The summed E-state index contributed by atoms with van der Waals surface area (Å²) in [6.07, 6.45) is 9.90. The highest BCUT2D eigenvalue weighted by atomic mass is 16.5. The number of carbonyl (C=O) groups excluding carboxylic acids is 1. The Morgan fingerprint density at radius 2 is 1.87 bits per heavy atom. The van der Waals surface area contributed by atoms with Crippen LogP contribution in [0.15, 0.2) is 0 Å². The van der Waals surface area contributed by atoms with Crippen LogP contribution in [-0.2, 0) is 4.74 Å². The summed E-state index contributed by atoms with van der Waals surface area (Å²) in [7, 11) is 2.22. The van der Waals surface area contributed by atoms with Crippen molar-refractivity contribution in [2.24, 2.45) is 0 Å². The van der Waals surface area contributed by atoms with Gasteiger partial charge in [0.2, 0.25) is 0 Å². The Bertz CT molecular complexity index is 471. The van der Waals surface area contributed by atoms with Crippen LogP contribution in [0.2, 0.25) is 0 Å².